The van der Waals surface area contributed by atoms with E-state index in [1.807, 2.05) is 0 Å². The molecule has 1 rings (SSSR count). The minimum Gasteiger partial charge on any atom is -0.0702 e. The molecule has 1 aliphatic carbocycles. The van der Waals surface area contributed by atoms with Gasteiger partial charge >= 0.3 is 0 Å². The van der Waals surface area contributed by atoms with Crippen LogP contribution in [-0.4, -0.2) is 6.47 Å². The van der Waals surface area contributed by atoms with E-state index in [0.29, 0.717) is 0 Å². The maximum absolute atomic E-state index is 3.59. The Balaban J connectivity index is 2.75. The minimum atomic E-state index is 0.0486. The van der Waals surface area contributed by atoms with E-state index in [1.165, 1.54) is 6.42 Å². The van der Waals surface area contributed by atoms with Crippen LogP contribution in [0, 0.1) is 0 Å². The number of alkyl halides is 4. The summed E-state index contributed by atoms with van der Waals surface area (Å²) in [5.41, 5.74) is 0. The van der Waals surface area contributed by atoms with Crippen molar-refractivity contribution in [1.29, 1.82) is 0 Å². The minimum absolute atomic E-state index is 0.0486. The van der Waals surface area contributed by atoms with E-state index in [0.717, 1.165) is 12.8 Å². The molecule has 1 saturated carbocycles. The van der Waals surface area contributed by atoms with Crippen molar-refractivity contribution < 1.29 is 0 Å². The number of hydrogen-bond acceptors (Lipinski definition) is 0. The Labute approximate surface area is 88.7 Å². The first-order chi connectivity index (χ1) is 3.96. The highest BCUT2D eigenvalue weighted by Crippen LogP contribution is 2.58. The van der Waals surface area contributed by atoms with Gasteiger partial charge in [-0.1, -0.05) is 63.7 Å². The average Bonchev–Trinajstić information content (AvgIpc) is 1.81. The second-order valence-corrected chi connectivity index (χ2v) is 9.81. The molecule has 0 aromatic heterocycles. The van der Waals surface area contributed by atoms with Crippen LogP contribution in [0.4, 0.5) is 0 Å². The van der Waals surface area contributed by atoms with Gasteiger partial charge in [-0.05, 0) is 19.3 Å². The Hall–Kier alpha value is 1.92. The molecule has 9 heavy (non-hydrogen) atoms. The fourth-order valence-corrected chi connectivity index (χ4v) is 2.81. The summed E-state index contributed by atoms with van der Waals surface area (Å²) < 4.78 is 0.0972. The number of rotatable bonds is 0. The van der Waals surface area contributed by atoms with Gasteiger partial charge in [-0.2, -0.15) is 0 Å². The fourth-order valence-electron chi connectivity index (χ4n) is 0.898. The highest BCUT2D eigenvalue weighted by molar-refractivity contribution is 9.30. The third-order valence-corrected chi connectivity index (χ3v) is 7.94. The van der Waals surface area contributed by atoms with Crippen LogP contribution in [0.25, 0.3) is 0 Å². The summed E-state index contributed by atoms with van der Waals surface area (Å²) in [7, 11) is 0. The van der Waals surface area contributed by atoms with E-state index < -0.39 is 0 Å². The first-order valence-electron chi connectivity index (χ1n) is 2.71. The van der Waals surface area contributed by atoms with Crippen molar-refractivity contribution in [2.24, 2.45) is 0 Å². The van der Waals surface area contributed by atoms with Gasteiger partial charge in [-0.15, -0.1) is 0 Å². The number of halogens is 4. The van der Waals surface area contributed by atoms with Crippen molar-refractivity contribution in [3.8, 4) is 0 Å². The summed E-state index contributed by atoms with van der Waals surface area (Å²) in [6.45, 7) is 0. The molecule has 0 N–H and O–H groups in total. The van der Waals surface area contributed by atoms with Gasteiger partial charge in [0.25, 0.3) is 0 Å². The Bertz CT molecular complexity index is 104. The summed E-state index contributed by atoms with van der Waals surface area (Å²) in [4.78, 5) is 0. The highest BCUT2D eigenvalue weighted by atomic mass is 79.9. The molecule has 0 heterocycles. The third-order valence-electron chi connectivity index (χ3n) is 1.52. The van der Waals surface area contributed by atoms with Gasteiger partial charge in [-0.25, -0.2) is 0 Å². The molecule has 0 unspecified atom stereocenters. The molecule has 1 aliphatic rings. The van der Waals surface area contributed by atoms with E-state index in [9.17, 15) is 0 Å². The predicted molar refractivity (Wildman–Crippen MR) is 55.0 cm³/mol. The molecule has 0 radical (unpaired) electrons. The molecule has 0 aromatic rings. The van der Waals surface area contributed by atoms with Crippen LogP contribution in [0.15, 0.2) is 0 Å². The van der Waals surface area contributed by atoms with Gasteiger partial charge in [0, 0.05) is 0 Å². The lowest BCUT2D eigenvalue weighted by molar-refractivity contribution is 0.871. The largest absolute Gasteiger partial charge is 0.105 e. The Morgan fingerprint density at radius 3 is 1.22 bits per heavy atom. The van der Waals surface area contributed by atoms with Gasteiger partial charge in [0.2, 0.25) is 0 Å². The smallest absolute Gasteiger partial charge is 0.0702 e. The molecule has 0 aromatic carbocycles. The van der Waals surface area contributed by atoms with Gasteiger partial charge in [-0.3, -0.25) is 0 Å². The van der Waals surface area contributed by atoms with Crippen LogP contribution in [0.3, 0.4) is 0 Å². The summed E-state index contributed by atoms with van der Waals surface area (Å²) in [5, 5.41) is 0. The predicted octanol–water partition coefficient (Wildman–Crippen LogP) is 4.14. The standard InChI is InChI=1S/C5H6Br4/c6-4(7)2-1-3-5(4,8)9/h1-3H2. The molecular weight excluding hydrogens is 380 g/mol. The first-order valence-corrected chi connectivity index (χ1v) is 5.89. The molecule has 0 bridgehead atoms. The van der Waals surface area contributed by atoms with Crippen molar-refractivity contribution >= 4 is 63.7 Å². The molecule has 0 saturated heterocycles. The van der Waals surface area contributed by atoms with Crippen LogP contribution in [0.1, 0.15) is 19.3 Å². The SMILES string of the molecule is BrC1(Br)CCCC1(Br)Br. The lowest BCUT2D eigenvalue weighted by atomic mass is 10.4. The molecule has 4 heteroatoms. The molecule has 54 valence electrons. The maximum Gasteiger partial charge on any atom is 0.105 e. The summed E-state index contributed by atoms with van der Waals surface area (Å²) in [6.07, 6.45) is 3.56. The van der Waals surface area contributed by atoms with E-state index in [4.69, 9.17) is 0 Å². The maximum atomic E-state index is 3.59. The van der Waals surface area contributed by atoms with Gasteiger partial charge in [0.15, 0.2) is 0 Å². The van der Waals surface area contributed by atoms with Gasteiger partial charge in [0.05, 0.1) is 0 Å². The van der Waals surface area contributed by atoms with E-state index in [1.54, 1.807) is 0 Å². The lowest BCUT2D eigenvalue weighted by Crippen LogP contribution is -2.26. The monoisotopic (exact) mass is 382 g/mol. The molecule has 1 fully saturated rings. The normalized spacial score (nSPS) is 30.7. The Kier molecular flexibility index (Phi) is 2.76. The molecule has 0 aliphatic heterocycles. The molecule has 0 atom stereocenters. The zero-order valence-electron chi connectivity index (χ0n) is 4.63. The third kappa shape index (κ3) is 1.74. The average molecular weight is 386 g/mol. The van der Waals surface area contributed by atoms with Crippen LogP contribution >= 0.6 is 63.7 Å². The zero-order valence-corrected chi connectivity index (χ0v) is 11.0. The van der Waals surface area contributed by atoms with Crippen LogP contribution in [0.5, 0.6) is 0 Å². The fraction of sp³-hybridized carbons (Fsp3) is 1.00. The summed E-state index contributed by atoms with van der Waals surface area (Å²) in [6, 6.07) is 0. The second-order valence-electron chi connectivity index (χ2n) is 2.26. The van der Waals surface area contributed by atoms with Crippen molar-refractivity contribution in [2.75, 3.05) is 0 Å². The van der Waals surface area contributed by atoms with Crippen LogP contribution in [-0.2, 0) is 0 Å². The molecule has 0 amide bonds. The van der Waals surface area contributed by atoms with Crippen molar-refractivity contribution in [1.82, 2.24) is 0 Å². The summed E-state index contributed by atoms with van der Waals surface area (Å²) in [5.74, 6) is 0. The van der Waals surface area contributed by atoms with Crippen LogP contribution < -0.4 is 0 Å². The van der Waals surface area contributed by atoms with Crippen molar-refractivity contribution in [3.63, 3.8) is 0 Å². The first kappa shape index (κ1) is 9.01. The Morgan fingerprint density at radius 1 is 0.778 bits per heavy atom. The molecule has 0 spiro atoms. The second kappa shape index (κ2) is 2.76. The molecular formula is C5H6Br4. The van der Waals surface area contributed by atoms with Crippen molar-refractivity contribution in [3.05, 3.63) is 0 Å². The summed E-state index contributed by atoms with van der Waals surface area (Å²) >= 11 is 14.3. The van der Waals surface area contributed by atoms with E-state index >= 15 is 0 Å². The van der Waals surface area contributed by atoms with Crippen LogP contribution in [0.2, 0.25) is 0 Å². The highest BCUT2D eigenvalue weighted by Gasteiger charge is 2.48. The van der Waals surface area contributed by atoms with Gasteiger partial charge < -0.3 is 0 Å². The Morgan fingerprint density at radius 2 is 1.11 bits per heavy atom. The lowest BCUT2D eigenvalue weighted by Gasteiger charge is -2.26. The van der Waals surface area contributed by atoms with Crippen molar-refractivity contribution in [2.45, 2.75) is 25.7 Å². The quantitative estimate of drug-likeness (QED) is 0.550. The van der Waals surface area contributed by atoms with E-state index in [2.05, 4.69) is 63.7 Å². The van der Waals surface area contributed by atoms with Gasteiger partial charge in [0.1, 0.15) is 6.47 Å². The molecule has 0 nitrogen and oxygen atoms in total. The zero-order chi connectivity index (χ0) is 7.12. The van der Waals surface area contributed by atoms with E-state index in [-0.39, 0.29) is 6.47 Å². The number of hydrogen-bond donors (Lipinski definition) is 0. The topological polar surface area (TPSA) is 0 Å².